The summed E-state index contributed by atoms with van der Waals surface area (Å²) in [7, 11) is 0. The number of nitrogens with zero attached hydrogens (tertiary/aromatic N) is 2. The second-order valence-corrected chi connectivity index (χ2v) is 8.48. The van der Waals surface area contributed by atoms with Gasteiger partial charge in [0.2, 0.25) is 0 Å². The fourth-order valence-corrected chi connectivity index (χ4v) is 4.35. The highest BCUT2D eigenvalue weighted by Gasteiger charge is 2.27. The van der Waals surface area contributed by atoms with Crippen LogP contribution >= 0.6 is 11.6 Å². The third-order valence-corrected chi connectivity index (χ3v) is 6.22. The van der Waals surface area contributed by atoms with Gasteiger partial charge in [-0.1, -0.05) is 60.2 Å². The quantitative estimate of drug-likeness (QED) is 0.531. The molecule has 2 amide bonds. The van der Waals surface area contributed by atoms with Gasteiger partial charge in [-0.15, -0.1) is 0 Å². The first-order chi connectivity index (χ1) is 14.9. The van der Waals surface area contributed by atoms with Crippen LogP contribution in [0.3, 0.4) is 0 Å². The average molecular weight is 435 g/mol. The van der Waals surface area contributed by atoms with E-state index in [2.05, 4.69) is 29.7 Å². The lowest BCUT2D eigenvalue weighted by atomic mass is 9.96. The smallest absolute Gasteiger partial charge is 0.315 e. The standard InChI is InChI=1S/C25H27ClN4O/c1-16-9-12-22(14-23(16)26)30-18(3)24(17(2)29-30)20-10-11-21(13-20)28-25(31)27-15-19-7-5-4-6-8-19/h4-12,14,20-21H,13,15H2,1-3H3,(H2,27,28,31)/t20-,21-/m1/s1. The number of hydrogen-bond acceptors (Lipinski definition) is 2. The van der Waals surface area contributed by atoms with Crippen LogP contribution < -0.4 is 10.6 Å². The highest BCUT2D eigenvalue weighted by atomic mass is 35.5. The van der Waals surface area contributed by atoms with Gasteiger partial charge < -0.3 is 10.6 Å². The number of rotatable bonds is 5. The summed E-state index contributed by atoms with van der Waals surface area (Å²) in [5, 5.41) is 11.5. The minimum atomic E-state index is -0.155. The number of allylic oxidation sites excluding steroid dienone is 1. The summed E-state index contributed by atoms with van der Waals surface area (Å²) < 4.78 is 1.96. The number of carbonyl (C=O) groups is 1. The van der Waals surface area contributed by atoms with Crippen LogP contribution in [0.15, 0.2) is 60.7 Å². The van der Waals surface area contributed by atoms with E-state index in [4.69, 9.17) is 16.7 Å². The first-order valence-electron chi connectivity index (χ1n) is 10.5. The van der Waals surface area contributed by atoms with Crippen molar-refractivity contribution < 1.29 is 4.79 Å². The summed E-state index contributed by atoms with van der Waals surface area (Å²) in [4.78, 5) is 12.3. The van der Waals surface area contributed by atoms with E-state index >= 15 is 0 Å². The van der Waals surface area contributed by atoms with Gasteiger partial charge in [-0.3, -0.25) is 0 Å². The zero-order valence-electron chi connectivity index (χ0n) is 18.0. The molecule has 31 heavy (non-hydrogen) atoms. The normalized spacial score (nSPS) is 17.7. The Morgan fingerprint density at radius 2 is 1.90 bits per heavy atom. The number of halogens is 1. The van der Waals surface area contributed by atoms with E-state index < -0.39 is 0 Å². The molecule has 0 unspecified atom stereocenters. The lowest BCUT2D eigenvalue weighted by molar-refractivity contribution is 0.238. The van der Waals surface area contributed by atoms with Crippen LogP contribution in [0.5, 0.6) is 0 Å². The van der Waals surface area contributed by atoms with Gasteiger partial charge in [0.25, 0.3) is 0 Å². The monoisotopic (exact) mass is 434 g/mol. The first kappa shape index (κ1) is 21.2. The number of aryl methyl sites for hydroxylation is 2. The van der Waals surface area contributed by atoms with Crippen LogP contribution in [-0.2, 0) is 6.54 Å². The number of aromatic nitrogens is 2. The molecule has 0 saturated carbocycles. The molecule has 5 nitrogen and oxygen atoms in total. The van der Waals surface area contributed by atoms with Crippen LogP contribution in [0, 0.1) is 20.8 Å². The van der Waals surface area contributed by atoms with E-state index in [9.17, 15) is 4.79 Å². The highest BCUT2D eigenvalue weighted by molar-refractivity contribution is 6.31. The van der Waals surface area contributed by atoms with Crippen molar-refractivity contribution in [3.05, 3.63) is 93.8 Å². The molecule has 0 saturated heterocycles. The van der Waals surface area contributed by atoms with Crippen LogP contribution in [0.1, 0.15) is 40.4 Å². The van der Waals surface area contributed by atoms with Gasteiger partial charge >= 0.3 is 6.03 Å². The summed E-state index contributed by atoms with van der Waals surface area (Å²) in [5.74, 6) is 0.217. The molecule has 0 fully saturated rings. The Hall–Kier alpha value is -3.05. The SMILES string of the molecule is Cc1ccc(-n2nc(C)c([C@@H]3C=C[C@@H](NC(=O)NCc4ccccc4)C3)c2C)cc1Cl. The van der Waals surface area contributed by atoms with Gasteiger partial charge in [-0.25, -0.2) is 9.48 Å². The Labute approximate surface area is 188 Å². The molecule has 2 N–H and O–H groups in total. The number of carbonyl (C=O) groups excluding carboxylic acids is 1. The fourth-order valence-electron chi connectivity index (χ4n) is 4.17. The molecule has 0 radical (unpaired) electrons. The Bertz CT molecular complexity index is 1120. The van der Waals surface area contributed by atoms with Crippen molar-refractivity contribution in [2.75, 3.05) is 0 Å². The number of urea groups is 1. The third-order valence-electron chi connectivity index (χ3n) is 5.81. The van der Waals surface area contributed by atoms with Crippen molar-refractivity contribution in [2.24, 2.45) is 0 Å². The van der Waals surface area contributed by atoms with E-state index in [0.29, 0.717) is 6.54 Å². The highest BCUT2D eigenvalue weighted by Crippen LogP contribution is 2.34. The maximum absolute atomic E-state index is 12.3. The van der Waals surface area contributed by atoms with Gasteiger partial charge in [0, 0.05) is 34.8 Å². The number of nitrogens with one attached hydrogen (secondary N) is 2. The molecule has 3 aromatic rings. The summed E-state index contributed by atoms with van der Waals surface area (Å²) >= 11 is 6.32. The van der Waals surface area contributed by atoms with Crippen molar-refractivity contribution in [1.82, 2.24) is 20.4 Å². The van der Waals surface area contributed by atoms with Gasteiger partial charge in [0.05, 0.1) is 11.4 Å². The lowest BCUT2D eigenvalue weighted by Gasteiger charge is -2.15. The van der Waals surface area contributed by atoms with Crippen LogP contribution in [-0.4, -0.2) is 21.9 Å². The van der Waals surface area contributed by atoms with Gasteiger partial charge in [-0.05, 0) is 50.5 Å². The predicted octanol–water partition coefficient (Wildman–Crippen LogP) is 5.36. The van der Waals surface area contributed by atoms with Crippen molar-refractivity contribution in [3.63, 3.8) is 0 Å². The number of hydrogen-bond donors (Lipinski definition) is 2. The minimum Gasteiger partial charge on any atom is -0.334 e. The molecule has 160 valence electrons. The Morgan fingerprint density at radius 3 is 2.65 bits per heavy atom. The van der Waals surface area contributed by atoms with Crippen molar-refractivity contribution in [1.29, 1.82) is 0 Å². The molecule has 6 heteroatoms. The average Bonchev–Trinajstić information content (AvgIpc) is 3.32. The molecular formula is C25H27ClN4O. The molecule has 2 aromatic carbocycles. The van der Waals surface area contributed by atoms with E-state index in [1.807, 2.05) is 67.1 Å². The van der Waals surface area contributed by atoms with Crippen LogP contribution in [0.2, 0.25) is 5.02 Å². The molecule has 0 bridgehead atoms. The second kappa shape index (κ2) is 8.98. The maximum Gasteiger partial charge on any atom is 0.315 e. The molecule has 2 atom stereocenters. The lowest BCUT2D eigenvalue weighted by Crippen LogP contribution is -2.40. The third kappa shape index (κ3) is 4.67. The zero-order chi connectivity index (χ0) is 22.0. The molecule has 4 rings (SSSR count). The van der Waals surface area contributed by atoms with Crippen LogP contribution in [0.25, 0.3) is 5.69 Å². The molecule has 0 aliphatic heterocycles. The van der Waals surface area contributed by atoms with E-state index in [1.165, 1.54) is 5.56 Å². The topological polar surface area (TPSA) is 59.0 Å². The predicted molar refractivity (Wildman–Crippen MR) is 125 cm³/mol. The Kier molecular flexibility index (Phi) is 6.14. The summed E-state index contributed by atoms with van der Waals surface area (Å²) in [6, 6.07) is 15.7. The first-order valence-corrected chi connectivity index (χ1v) is 10.9. The van der Waals surface area contributed by atoms with Crippen molar-refractivity contribution in [2.45, 2.75) is 45.7 Å². The Morgan fingerprint density at radius 1 is 1.13 bits per heavy atom. The molecular weight excluding hydrogens is 408 g/mol. The molecule has 1 aliphatic carbocycles. The summed E-state index contributed by atoms with van der Waals surface area (Å²) in [6.45, 7) is 6.63. The largest absolute Gasteiger partial charge is 0.334 e. The molecule has 1 aliphatic rings. The Balaban J connectivity index is 1.41. The second-order valence-electron chi connectivity index (χ2n) is 8.08. The van der Waals surface area contributed by atoms with Gasteiger partial charge in [0.15, 0.2) is 0 Å². The van der Waals surface area contributed by atoms with Crippen molar-refractivity contribution in [3.8, 4) is 5.69 Å². The molecule has 1 heterocycles. The molecule has 1 aromatic heterocycles. The zero-order valence-corrected chi connectivity index (χ0v) is 18.8. The van der Waals surface area contributed by atoms with E-state index in [0.717, 1.165) is 39.6 Å². The number of benzene rings is 2. The van der Waals surface area contributed by atoms with E-state index in [-0.39, 0.29) is 18.0 Å². The fraction of sp³-hybridized carbons (Fsp3) is 0.280. The summed E-state index contributed by atoms with van der Waals surface area (Å²) in [5.41, 5.74) is 6.39. The minimum absolute atomic E-state index is 0.00302. The van der Waals surface area contributed by atoms with Crippen LogP contribution in [0.4, 0.5) is 4.79 Å². The summed E-state index contributed by atoms with van der Waals surface area (Å²) in [6.07, 6.45) is 5.07. The number of amides is 2. The maximum atomic E-state index is 12.3. The van der Waals surface area contributed by atoms with Crippen molar-refractivity contribution >= 4 is 17.6 Å². The van der Waals surface area contributed by atoms with E-state index in [1.54, 1.807) is 0 Å². The van der Waals surface area contributed by atoms with Gasteiger partial charge in [-0.2, -0.15) is 5.10 Å². The molecule has 0 spiro atoms. The van der Waals surface area contributed by atoms with Gasteiger partial charge in [0.1, 0.15) is 0 Å².